The summed E-state index contributed by atoms with van der Waals surface area (Å²) in [5.74, 6) is 0. The molecule has 0 spiro atoms. The maximum atomic E-state index is 5.42. The van der Waals surface area contributed by atoms with E-state index in [1.54, 1.807) is 11.3 Å². The third kappa shape index (κ3) is 3.96. The van der Waals surface area contributed by atoms with Crippen LogP contribution in [0.1, 0.15) is 36.0 Å². The zero-order valence-electron chi connectivity index (χ0n) is 15.0. The molecule has 0 bridgehead atoms. The van der Waals surface area contributed by atoms with Crippen LogP contribution in [0.4, 0.5) is 5.13 Å². The lowest BCUT2D eigenvalue weighted by Gasteiger charge is -2.26. The van der Waals surface area contributed by atoms with Crippen molar-refractivity contribution in [2.75, 3.05) is 31.2 Å². The molecule has 0 aromatic carbocycles. The van der Waals surface area contributed by atoms with Crippen molar-refractivity contribution in [1.82, 2.24) is 20.1 Å². The van der Waals surface area contributed by atoms with Gasteiger partial charge in [0.2, 0.25) is 0 Å². The summed E-state index contributed by atoms with van der Waals surface area (Å²) in [5.41, 5.74) is 2.33. The van der Waals surface area contributed by atoms with Crippen LogP contribution in [-0.2, 0) is 11.3 Å². The molecule has 0 radical (unpaired) electrons. The third-order valence-corrected chi connectivity index (χ3v) is 5.84. The normalized spacial score (nSPS) is 17.9. The van der Waals surface area contributed by atoms with Crippen LogP contribution < -0.4 is 10.2 Å². The number of aromatic nitrogens is 3. The van der Waals surface area contributed by atoms with Gasteiger partial charge in [-0.25, -0.2) is 4.98 Å². The minimum absolute atomic E-state index is 0.311. The zero-order valence-corrected chi connectivity index (χ0v) is 15.8. The lowest BCUT2D eigenvalue weighted by atomic mass is 10.1. The summed E-state index contributed by atoms with van der Waals surface area (Å²) < 4.78 is 7.46. The Bertz CT molecular complexity index is 662. The van der Waals surface area contributed by atoms with Gasteiger partial charge < -0.3 is 15.0 Å². The van der Waals surface area contributed by atoms with Gasteiger partial charge in [-0.1, -0.05) is 0 Å². The second-order valence-electron chi connectivity index (χ2n) is 6.51. The Balaban J connectivity index is 1.58. The van der Waals surface area contributed by atoms with Gasteiger partial charge in [-0.3, -0.25) is 4.68 Å². The van der Waals surface area contributed by atoms with Crippen molar-refractivity contribution in [2.24, 2.45) is 0 Å². The number of hydrogen-bond donors (Lipinski definition) is 1. The second-order valence-corrected chi connectivity index (χ2v) is 7.57. The molecule has 3 heterocycles. The first-order chi connectivity index (χ1) is 11.5. The van der Waals surface area contributed by atoms with Crippen molar-refractivity contribution in [3.8, 4) is 0 Å². The van der Waals surface area contributed by atoms with Gasteiger partial charge in [0.25, 0.3) is 0 Å². The van der Waals surface area contributed by atoms with Crippen LogP contribution in [0.15, 0.2) is 12.4 Å². The Hall–Kier alpha value is -1.44. The van der Waals surface area contributed by atoms with Crippen LogP contribution in [-0.4, -0.2) is 47.1 Å². The molecule has 0 saturated carbocycles. The molecule has 132 valence electrons. The Labute approximate surface area is 147 Å². The van der Waals surface area contributed by atoms with Crippen molar-refractivity contribution < 1.29 is 4.74 Å². The highest BCUT2D eigenvalue weighted by Gasteiger charge is 2.19. The number of thiazole rings is 1. The molecule has 2 atom stereocenters. The summed E-state index contributed by atoms with van der Waals surface area (Å²) >= 11 is 1.79. The molecule has 7 heteroatoms. The van der Waals surface area contributed by atoms with E-state index in [1.165, 1.54) is 10.4 Å². The monoisotopic (exact) mass is 349 g/mol. The molecule has 1 fully saturated rings. The van der Waals surface area contributed by atoms with Crippen LogP contribution in [0.25, 0.3) is 0 Å². The summed E-state index contributed by atoms with van der Waals surface area (Å²) in [6.07, 6.45) is 4.00. The predicted octanol–water partition coefficient (Wildman–Crippen LogP) is 2.53. The molecule has 0 unspecified atom stereocenters. The van der Waals surface area contributed by atoms with Crippen LogP contribution in [0, 0.1) is 13.8 Å². The summed E-state index contributed by atoms with van der Waals surface area (Å²) in [7, 11) is 0. The summed E-state index contributed by atoms with van der Waals surface area (Å²) in [6, 6.07) is 0.642. The average molecular weight is 350 g/mol. The lowest BCUT2D eigenvalue weighted by Crippen LogP contribution is -2.36. The molecule has 1 aliphatic rings. The van der Waals surface area contributed by atoms with Gasteiger partial charge in [0.1, 0.15) is 0 Å². The number of anilines is 1. The number of aryl methyl sites for hydroxylation is 2. The Morgan fingerprint density at radius 3 is 2.71 bits per heavy atom. The highest BCUT2D eigenvalue weighted by atomic mass is 32.1. The van der Waals surface area contributed by atoms with E-state index in [0.717, 1.165) is 43.7 Å². The van der Waals surface area contributed by atoms with Gasteiger partial charge in [-0.05, 0) is 33.3 Å². The van der Waals surface area contributed by atoms with Crippen molar-refractivity contribution in [2.45, 2.75) is 46.3 Å². The third-order valence-electron chi connectivity index (χ3n) is 4.62. The Morgan fingerprint density at radius 1 is 1.29 bits per heavy atom. The molecule has 0 amide bonds. The van der Waals surface area contributed by atoms with Gasteiger partial charge in [0.05, 0.1) is 31.1 Å². The largest absolute Gasteiger partial charge is 0.378 e. The highest BCUT2D eigenvalue weighted by molar-refractivity contribution is 7.15. The van der Waals surface area contributed by atoms with Crippen LogP contribution >= 0.6 is 11.3 Å². The molecule has 2 aromatic rings. The molecular formula is C17H27N5OS. The zero-order chi connectivity index (χ0) is 17.1. The molecule has 24 heavy (non-hydrogen) atoms. The minimum Gasteiger partial charge on any atom is -0.378 e. The van der Waals surface area contributed by atoms with Gasteiger partial charge in [0.15, 0.2) is 5.13 Å². The average Bonchev–Trinajstić information content (AvgIpc) is 3.19. The molecule has 3 rings (SSSR count). The van der Waals surface area contributed by atoms with Crippen molar-refractivity contribution in [3.05, 3.63) is 28.5 Å². The maximum absolute atomic E-state index is 5.42. The summed E-state index contributed by atoms with van der Waals surface area (Å²) in [5, 5.41) is 9.17. The second kappa shape index (κ2) is 7.63. The summed E-state index contributed by atoms with van der Waals surface area (Å²) in [4.78, 5) is 8.38. The van der Waals surface area contributed by atoms with Crippen molar-refractivity contribution in [3.63, 3.8) is 0 Å². The number of hydrogen-bond acceptors (Lipinski definition) is 6. The molecule has 1 aliphatic heterocycles. The van der Waals surface area contributed by atoms with Crippen LogP contribution in [0.3, 0.4) is 0 Å². The van der Waals surface area contributed by atoms with E-state index in [9.17, 15) is 0 Å². The first kappa shape index (κ1) is 17.4. The standard InChI is InChI=1S/C17H27N5OS/c1-12-9-19-22(11-12)15(4)13(2)18-10-16-14(3)20-17(24-16)21-5-7-23-8-6-21/h9,11,13,15,18H,5-8,10H2,1-4H3/t13-,15+/m1/s1. The van der Waals surface area contributed by atoms with Crippen molar-refractivity contribution in [1.29, 1.82) is 0 Å². The van der Waals surface area contributed by atoms with E-state index < -0.39 is 0 Å². The quantitative estimate of drug-likeness (QED) is 0.868. The predicted molar refractivity (Wildman–Crippen MR) is 97.9 cm³/mol. The topological polar surface area (TPSA) is 55.2 Å². The molecule has 2 aromatic heterocycles. The molecule has 1 N–H and O–H groups in total. The van der Waals surface area contributed by atoms with Crippen LogP contribution in [0.5, 0.6) is 0 Å². The SMILES string of the molecule is Cc1cnn([C@@H](C)[C@@H](C)NCc2sc(N3CCOCC3)nc2C)c1. The first-order valence-corrected chi connectivity index (χ1v) is 9.39. The van der Waals surface area contributed by atoms with E-state index >= 15 is 0 Å². The fourth-order valence-electron chi connectivity index (χ4n) is 2.78. The fraction of sp³-hybridized carbons (Fsp3) is 0.647. The number of nitrogens with zero attached hydrogens (tertiary/aromatic N) is 4. The smallest absolute Gasteiger partial charge is 0.185 e. The van der Waals surface area contributed by atoms with Gasteiger partial charge in [0, 0.05) is 36.8 Å². The highest BCUT2D eigenvalue weighted by Crippen LogP contribution is 2.27. The maximum Gasteiger partial charge on any atom is 0.185 e. The van der Waals surface area contributed by atoms with E-state index in [1.807, 2.05) is 10.9 Å². The van der Waals surface area contributed by atoms with Crippen LogP contribution in [0.2, 0.25) is 0 Å². The molecule has 6 nitrogen and oxygen atoms in total. The Kier molecular flexibility index (Phi) is 5.53. The Morgan fingerprint density at radius 2 is 2.04 bits per heavy atom. The van der Waals surface area contributed by atoms with E-state index in [2.05, 4.69) is 49.2 Å². The van der Waals surface area contributed by atoms with Gasteiger partial charge >= 0.3 is 0 Å². The fourth-order valence-corrected chi connectivity index (χ4v) is 3.84. The minimum atomic E-state index is 0.311. The van der Waals surface area contributed by atoms with Gasteiger partial charge in [-0.2, -0.15) is 5.10 Å². The van der Waals surface area contributed by atoms with E-state index in [0.29, 0.717) is 12.1 Å². The van der Waals surface area contributed by atoms with Gasteiger partial charge in [-0.15, -0.1) is 11.3 Å². The first-order valence-electron chi connectivity index (χ1n) is 8.57. The number of nitrogens with one attached hydrogen (secondary N) is 1. The molecular weight excluding hydrogens is 322 g/mol. The number of rotatable bonds is 6. The van der Waals surface area contributed by atoms with E-state index in [-0.39, 0.29) is 0 Å². The van der Waals surface area contributed by atoms with E-state index in [4.69, 9.17) is 9.72 Å². The number of ether oxygens (including phenoxy) is 1. The number of morpholine rings is 1. The van der Waals surface area contributed by atoms with Crippen molar-refractivity contribution >= 4 is 16.5 Å². The lowest BCUT2D eigenvalue weighted by molar-refractivity contribution is 0.122. The summed E-state index contributed by atoms with van der Waals surface area (Å²) in [6.45, 7) is 12.9. The molecule has 1 saturated heterocycles. The molecule has 0 aliphatic carbocycles.